The maximum atomic E-state index is 12.2. The molecular weight excluding hydrogens is 304 g/mol. The normalized spacial score (nSPS) is 17.8. The molecule has 6 heteroatoms. The Hall–Kier alpha value is -2.45. The number of carbonyl (C=O) groups is 1. The van der Waals surface area contributed by atoms with Gasteiger partial charge in [0.25, 0.3) is 0 Å². The van der Waals surface area contributed by atoms with Crippen molar-refractivity contribution in [2.24, 2.45) is 5.73 Å². The number of benzene rings is 1. The van der Waals surface area contributed by atoms with E-state index in [2.05, 4.69) is 0 Å². The van der Waals surface area contributed by atoms with E-state index in [0.29, 0.717) is 22.8 Å². The molecule has 1 aliphatic rings. The van der Waals surface area contributed by atoms with Gasteiger partial charge in [-0.1, -0.05) is 30.7 Å². The summed E-state index contributed by atoms with van der Waals surface area (Å²) in [5, 5.41) is 9.92. The van der Waals surface area contributed by atoms with Gasteiger partial charge in [0.05, 0.1) is 18.6 Å². The molecule has 1 aromatic rings. The van der Waals surface area contributed by atoms with Crippen molar-refractivity contribution in [1.29, 1.82) is 5.26 Å². The summed E-state index contributed by atoms with van der Waals surface area (Å²) in [6.45, 7) is 1.83. The van der Waals surface area contributed by atoms with Crippen LogP contribution in [0.3, 0.4) is 0 Å². The van der Waals surface area contributed by atoms with Crippen LogP contribution in [0.2, 0.25) is 5.02 Å². The molecule has 1 aliphatic heterocycles. The number of hydrogen-bond donors (Lipinski definition) is 1. The number of nitrogens with two attached hydrogens (primary N) is 1. The zero-order valence-corrected chi connectivity index (χ0v) is 13.0. The molecule has 1 unspecified atom stereocenters. The number of nitriles is 1. The van der Waals surface area contributed by atoms with Crippen LogP contribution in [-0.4, -0.2) is 13.1 Å². The summed E-state index contributed by atoms with van der Waals surface area (Å²) in [7, 11) is 1.28. The molecule has 0 fully saturated rings. The molecule has 22 heavy (non-hydrogen) atoms. The Bertz CT molecular complexity index is 716. The molecule has 0 saturated heterocycles. The summed E-state index contributed by atoms with van der Waals surface area (Å²) in [6, 6.07) is 8.96. The van der Waals surface area contributed by atoms with Crippen LogP contribution in [0.1, 0.15) is 24.8 Å². The minimum Gasteiger partial charge on any atom is -0.466 e. The summed E-state index contributed by atoms with van der Waals surface area (Å²) in [6.07, 6.45) is 0.445. The average molecular weight is 319 g/mol. The maximum absolute atomic E-state index is 12.2. The molecule has 0 amide bonds. The minimum atomic E-state index is -0.653. The molecule has 114 valence electrons. The van der Waals surface area contributed by atoms with Crippen molar-refractivity contribution in [3.05, 3.63) is 57.6 Å². The van der Waals surface area contributed by atoms with Gasteiger partial charge in [-0.05, 0) is 17.7 Å². The van der Waals surface area contributed by atoms with Crippen LogP contribution in [-0.2, 0) is 14.3 Å². The van der Waals surface area contributed by atoms with Gasteiger partial charge in [0.1, 0.15) is 17.4 Å². The second kappa shape index (κ2) is 6.54. The quantitative estimate of drug-likeness (QED) is 0.866. The second-order valence-corrected chi connectivity index (χ2v) is 5.10. The number of methoxy groups -OCH3 is 1. The van der Waals surface area contributed by atoms with E-state index in [4.69, 9.17) is 26.8 Å². The molecule has 0 bridgehead atoms. The second-order valence-electron chi connectivity index (χ2n) is 4.66. The van der Waals surface area contributed by atoms with Crippen molar-refractivity contribution < 1.29 is 14.3 Å². The highest BCUT2D eigenvalue weighted by Gasteiger charge is 2.36. The highest BCUT2D eigenvalue weighted by Crippen LogP contribution is 2.40. The fraction of sp³-hybridized carbons (Fsp3) is 0.250. The predicted octanol–water partition coefficient (Wildman–Crippen LogP) is 2.98. The minimum absolute atomic E-state index is 0.00280. The van der Waals surface area contributed by atoms with Crippen LogP contribution in [0.15, 0.2) is 47.1 Å². The molecule has 0 aliphatic carbocycles. The Kier molecular flexibility index (Phi) is 4.74. The lowest BCUT2D eigenvalue weighted by atomic mass is 9.82. The molecule has 2 N–H and O–H groups in total. The van der Waals surface area contributed by atoms with Crippen molar-refractivity contribution in [3.8, 4) is 6.07 Å². The van der Waals surface area contributed by atoms with Gasteiger partial charge in [0.2, 0.25) is 5.88 Å². The largest absolute Gasteiger partial charge is 0.466 e. The van der Waals surface area contributed by atoms with Crippen LogP contribution in [0.5, 0.6) is 0 Å². The highest BCUT2D eigenvalue weighted by molar-refractivity contribution is 6.30. The van der Waals surface area contributed by atoms with E-state index >= 15 is 0 Å². The van der Waals surface area contributed by atoms with Crippen molar-refractivity contribution in [3.63, 3.8) is 0 Å². The van der Waals surface area contributed by atoms with Crippen LogP contribution in [0.4, 0.5) is 0 Å². The lowest BCUT2D eigenvalue weighted by Crippen LogP contribution is -2.25. The Morgan fingerprint density at radius 1 is 1.55 bits per heavy atom. The lowest BCUT2D eigenvalue weighted by molar-refractivity contribution is -0.136. The standard InChI is InChI=1S/C16H15ClN2O3/c1-3-12-14(16(20)21-2)13(11(8-18)15(19)22-12)9-5-4-6-10(17)7-9/h4-7,13H,3,19H2,1-2H3. The number of esters is 1. The fourth-order valence-electron chi connectivity index (χ4n) is 2.43. The lowest BCUT2D eigenvalue weighted by Gasteiger charge is -2.27. The topological polar surface area (TPSA) is 85.3 Å². The summed E-state index contributed by atoms with van der Waals surface area (Å²) < 4.78 is 10.3. The van der Waals surface area contributed by atoms with Crippen molar-refractivity contribution in [2.75, 3.05) is 7.11 Å². The first-order valence-electron chi connectivity index (χ1n) is 6.67. The molecular formula is C16H15ClN2O3. The number of hydrogen-bond acceptors (Lipinski definition) is 5. The number of ether oxygens (including phenoxy) is 2. The zero-order chi connectivity index (χ0) is 16.3. The molecule has 1 heterocycles. The smallest absolute Gasteiger partial charge is 0.338 e. The third-order valence-corrected chi connectivity index (χ3v) is 3.64. The van der Waals surface area contributed by atoms with Gasteiger partial charge in [0.15, 0.2) is 0 Å². The molecule has 1 aromatic carbocycles. The average Bonchev–Trinajstić information content (AvgIpc) is 2.52. The molecule has 0 spiro atoms. The van der Waals surface area contributed by atoms with E-state index in [-0.39, 0.29) is 17.0 Å². The molecule has 2 rings (SSSR count). The van der Waals surface area contributed by atoms with E-state index in [1.807, 2.05) is 13.0 Å². The van der Waals surface area contributed by atoms with Gasteiger partial charge in [-0.15, -0.1) is 0 Å². The molecule has 0 saturated carbocycles. The van der Waals surface area contributed by atoms with Gasteiger partial charge in [0, 0.05) is 11.4 Å². The van der Waals surface area contributed by atoms with E-state index in [9.17, 15) is 10.1 Å². The van der Waals surface area contributed by atoms with E-state index in [1.54, 1.807) is 24.3 Å². The van der Waals surface area contributed by atoms with E-state index in [0.717, 1.165) is 0 Å². The van der Waals surface area contributed by atoms with E-state index in [1.165, 1.54) is 7.11 Å². The summed E-state index contributed by atoms with van der Waals surface area (Å²) in [5.41, 5.74) is 6.97. The highest BCUT2D eigenvalue weighted by atomic mass is 35.5. The van der Waals surface area contributed by atoms with Gasteiger partial charge in [-0.25, -0.2) is 4.79 Å². The summed E-state index contributed by atoms with van der Waals surface area (Å²) in [4.78, 5) is 12.2. The first-order valence-corrected chi connectivity index (χ1v) is 7.05. The van der Waals surface area contributed by atoms with Crippen LogP contribution in [0.25, 0.3) is 0 Å². The van der Waals surface area contributed by atoms with Crippen LogP contribution in [0, 0.1) is 11.3 Å². The Morgan fingerprint density at radius 3 is 2.82 bits per heavy atom. The zero-order valence-electron chi connectivity index (χ0n) is 12.2. The predicted molar refractivity (Wildman–Crippen MR) is 81.4 cm³/mol. The maximum Gasteiger partial charge on any atom is 0.338 e. The van der Waals surface area contributed by atoms with E-state index < -0.39 is 11.9 Å². The monoisotopic (exact) mass is 318 g/mol. The summed E-state index contributed by atoms with van der Waals surface area (Å²) >= 11 is 6.03. The Labute approximate surface area is 133 Å². The third kappa shape index (κ3) is 2.78. The van der Waals surface area contributed by atoms with Crippen LogP contribution < -0.4 is 5.73 Å². The number of rotatable bonds is 3. The molecule has 0 radical (unpaired) electrons. The van der Waals surface area contributed by atoms with Gasteiger partial charge >= 0.3 is 5.97 Å². The van der Waals surface area contributed by atoms with Gasteiger partial charge < -0.3 is 15.2 Å². The molecule has 0 aromatic heterocycles. The third-order valence-electron chi connectivity index (χ3n) is 3.41. The van der Waals surface area contributed by atoms with Crippen molar-refractivity contribution in [1.82, 2.24) is 0 Å². The Morgan fingerprint density at radius 2 is 2.27 bits per heavy atom. The van der Waals surface area contributed by atoms with Crippen molar-refractivity contribution >= 4 is 17.6 Å². The molecule has 5 nitrogen and oxygen atoms in total. The van der Waals surface area contributed by atoms with Gasteiger partial charge in [-0.2, -0.15) is 5.26 Å². The number of allylic oxidation sites excluding steroid dienone is 2. The number of carbonyl (C=O) groups excluding carboxylic acids is 1. The number of nitrogens with zero attached hydrogens (tertiary/aromatic N) is 1. The van der Waals surface area contributed by atoms with Crippen LogP contribution >= 0.6 is 11.6 Å². The van der Waals surface area contributed by atoms with Crippen molar-refractivity contribution in [2.45, 2.75) is 19.3 Å². The number of halogens is 1. The summed E-state index contributed by atoms with van der Waals surface area (Å²) in [5.74, 6) is -0.813. The fourth-order valence-corrected chi connectivity index (χ4v) is 2.63. The first kappa shape index (κ1) is 15.9. The molecule has 1 atom stereocenters. The first-order chi connectivity index (χ1) is 10.5. The Balaban J connectivity index is 2.69. The SMILES string of the molecule is CCC1=C(C(=O)OC)C(c2cccc(Cl)c2)C(C#N)=C(N)O1. The van der Waals surface area contributed by atoms with Gasteiger partial charge in [-0.3, -0.25) is 0 Å².